The molecule has 5 heteroatoms. The average Bonchev–Trinajstić information content (AvgIpc) is 2.77. The van der Waals surface area contributed by atoms with Gasteiger partial charge in [0.15, 0.2) is 0 Å². The molecule has 5 nitrogen and oxygen atoms in total. The van der Waals surface area contributed by atoms with Gasteiger partial charge in [0.05, 0.1) is 13.7 Å². The van der Waals surface area contributed by atoms with Crippen molar-refractivity contribution in [2.75, 3.05) is 13.7 Å². The molecule has 0 saturated carbocycles. The molecule has 3 aromatic carbocycles. The topological polar surface area (TPSA) is 70.6 Å². The minimum atomic E-state index is -1.17. The van der Waals surface area contributed by atoms with Crippen LogP contribution in [0.25, 0.3) is 11.1 Å². The number of methoxy groups -OCH3 is 1. The molecule has 0 aliphatic carbocycles. The SMILES string of the molecule is COc1ccc(CNC(=O)NC[C@@](C)(O)c2ccc(-c3ccccc3)cc2)cc1. The number of urea groups is 1. The van der Waals surface area contributed by atoms with Crippen LogP contribution in [0.15, 0.2) is 78.9 Å². The average molecular weight is 390 g/mol. The van der Waals surface area contributed by atoms with Crippen LogP contribution in [0.2, 0.25) is 0 Å². The van der Waals surface area contributed by atoms with Crippen LogP contribution in [0.4, 0.5) is 4.79 Å². The molecule has 0 fully saturated rings. The van der Waals surface area contributed by atoms with Gasteiger partial charge in [-0.2, -0.15) is 0 Å². The van der Waals surface area contributed by atoms with Gasteiger partial charge in [-0.15, -0.1) is 0 Å². The van der Waals surface area contributed by atoms with Crippen molar-refractivity contribution in [2.45, 2.75) is 19.1 Å². The van der Waals surface area contributed by atoms with Crippen LogP contribution in [-0.2, 0) is 12.1 Å². The molecule has 0 aliphatic heterocycles. The van der Waals surface area contributed by atoms with E-state index in [-0.39, 0.29) is 12.6 Å². The zero-order chi connectivity index (χ0) is 20.7. The van der Waals surface area contributed by atoms with Crippen molar-refractivity contribution in [3.05, 3.63) is 90.0 Å². The van der Waals surface area contributed by atoms with Crippen LogP contribution < -0.4 is 15.4 Å². The summed E-state index contributed by atoms with van der Waals surface area (Å²) in [7, 11) is 1.61. The normalized spacial score (nSPS) is 12.7. The van der Waals surface area contributed by atoms with E-state index in [0.29, 0.717) is 6.54 Å². The maximum atomic E-state index is 12.1. The third-order valence-corrected chi connectivity index (χ3v) is 4.82. The van der Waals surface area contributed by atoms with Gasteiger partial charge in [-0.25, -0.2) is 4.79 Å². The molecule has 0 bridgehead atoms. The van der Waals surface area contributed by atoms with E-state index in [4.69, 9.17) is 4.74 Å². The Balaban J connectivity index is 1.52. The van der Waals surface area contributed by atoms with Crippen LogP contribution in [0.5, 0.6) is 5.75 Å². The summed E-state index contributed by atoms with van der Waals surface area (Å²) in [5, 5.41) is 16.3. The molecule has 3 N–H and O–H groups in total. The Kier molecular flexibility index (Phi) is 6.52. The van der Waals surface area contributed by atoms with Crippen LogP contribution >= 0.6 is 0 Å². The van der Waals surface area contributed by atoms with Gasteiger partial charge in [-0.05, 0) is 41.3 Å². The Hall–Kier alpha value is -3.31. The van der Waals surface area contributed by atoms with Crippen molar-refractivity contribution in [3.63, 3.8) is 0 Å². The molecular weight excluding hydrogens is 364 g/mol. The summed E-state index contributed by atoms with van der Waals surface area (Å²) in [6.45, 7) is 2.18. The van der Waals surface area contributed by atoms with Gasteiger partial charge in [0.25, 0.3) is 0 Å². The second-order valence-corrected chi connectivity index (χ2v) is 7.10. The number of rotatable bonds is 7. The number of hydrogen-bond donors (Lipinski definition) is 3. The van der Waals surface area contributed by atoms with E-state index in [0.717, 1.165) is 28.0 Å². The van der Waals surface area contributed by atoms with Gasteiger partial charge in [0.2, 0.25) is 0 Å². The van der Waals surface area contributed by atoms with E-state index < -0.39 is 5.60 Å². The lowest BCUT2D eigenvalue weighted by Crippen LogP contribution is -2.43. The number of hydrogen-bond acceptors (Lipinski definition) is 3. The second-order valence-electron chi connectivity index (χ2n) is 7.10. The highest BCUT2D eigenvalue weighted by atomic mass is 16.5. The number of carbonyl (C=O) groups is 1. The molecule has 3 aromatic rings. The van der Waals surface area contributed by atoms with Gasteiger partial charge in [0.1, 0.15) is 11.4 Å². The van der Waals surface area contributed by atoms with Gasteiger partial charge < -0.3 is 20.5 Å². The lowest BCUT2D eigenvalue weighted by atomic mass is 9.94. The minimum absolute atomic E-state index is 0.103. The Morgan fingerprint density at radius 1 is 0.897 bits per heavy atom. The largest absolute Gasteiger partial charge is 0.497 e. The van der Waals surface area contributed by atoms with Crippen LogP contribution in [0.3, 0.4) is 0 Å². The van der Waals surface area contributed by atoms with Crippen molar-refractivity contribution >= 4 is 6.03 Å². The standard InChI is InChI=1S/C24H26N2O3/c1-24(28,21-12-10-20(11-13-21)19-6-4-3-5-7-19)17-26-23(27)25-16-18-8-14-22(29-2)15-9-18/h3-15,28H,16-17H2,1-2H3,(H2,25,26,27)/t24-/m1/s1. The van der Waals surface area contributed by atoms with Gasteiger partial charge in [-0.3, -0.25) is 0 Å². The highest BCUT2D eigenvalue weighted by Gasteiger charge is 2.23. The predicted octanol–water partition coefficient (Wildman–Crippen LogP) is 4.07. The smallest absolute Gasteiger partial charge is 0.315 e. The van der Waals surface area contributed by atoms with E-state index in [2.05, 4.69) is 10.6 Å². The number of carbonyl (C=O) groups excluding carboxylic acids is 1. The molecule has 0 heterocycles. The maximum Gasteiger partial charge on any atom is 0.315 e. The molecule has 150 valence electrons. The number of ether oxygens (including phenoxy) is 1. The molecule has 0 aromatic heterocycles. The van der Waals surface area contributed by atoms with Gasteiger partial charge in [-0.1, -0.05) is 66.7 Å². The first-order valence-electron chi connectivity index (χ1n) is 9.51. The van der Waals surface area contributed by atoms with E-state index in [1.165, 1.54) is 0 Å². The molecule has 29 heavy (non-hydrogen) atoms. The molecule has 0 aliphatic rings. The zero-order valence-corrected chi connectivity index (χ0v) is 16.7. The fourth-order valence-corrected chi connectivity index (χ4v) is 3.00. The first kappa shape index (κ1) is 20.4. The lowest BCUT2D eigenvalue weighted by Gasteiger charge is -2.24. The first-order valence-corrected chi connectivity index (χ1v) is 9.51. The van der Waals surface area contributed by atoms with Gasteiger partial charge in [0, 0.05) is 6.54 Å². The summed E-state index contributed by atoms with van der Waals surface area (Å²) in [5.41, 5.74) is 2.73. The summed E-state index contributed by atoms with van der Waals surface area (Å²) >= 11 is 0. The monoisotopic (exact) mass is 390 g/mol. The fraction of sp³-hybridized carbons (Fsp3) is 0.208. The first-order chi connectivity index (χ1) is 14.0. The van der Waals surface area contributed by atoms with Crippen molar-refractivity contribution in [1.82, 2.24) is 10.6 Å². The summed E-state index contributed by atoms with van der Waals surface area (Å²) in [5.74, 6) is 0.771. The second kappa shape index (κ2) is 9.26. The van der Waals surface area contributed by atoms with Crippen LogP contribution in [0.1, 0.15) is 18.1 Å². The Morgan fingerprint density at radius 2 is 1.52 bits per heavy atom. The lowest BCUT2D eigenvalue weighted by molar-refractivity contribution is 0.0594. The zero-order valence-electron chi connectivity index (χ0n) is 16.7. The number of nitrogens with one attached hydrogen (secondary N) is 2. The fourth-order valence-electron chi connectivity index (χ4n) is 3.00. The van der Waals surface area contributed by atoms with Crippen molar-refractivity contribution < 1.29 is 14.6 Å². The quantitative estimate of drug-likeness (QED) is 0.570. The molecule has 1 atom stereocenters. The molecule has 0 saturated heterocycles. The van der Waals surface area contributed by atoms with Crippen molar-refractivity contribution in [1.29, 1.82) is 0 Å². The summed E-state index contributed by atoms with van der Waals surface area (Å²) < 4.78 is 5.12. The van der Waals surface area contributed by atoms with E-state index in [1.807, 2.05) is 78.9 Å². The highest BCUT2D eigenvalue weighted by Crippen LogP contribution is 2.24. The van der Waals surface area contributed by atoms with Crippen LogP contribution in [0, 0.1) is 0 Å². The third-order valence-electron chi connectivity index (χ3n) is 4.82. The minimum Gasteiger partial charge on any atom is -0.497 e. The number of benzene rings is 3. The van der Waals surface area contributed by atoms with Crippen molar-refractivity contribution in [3.8, 4) is 16.9 Å². The van der Waals surface area contributed by atoms with Crippen LogP contribution in [-0.4, -0.2) is 24.8 Å². The molecule has 0 spiro atoms. The number of amides is 2. The van der Waals surface area contributed by atoms with E-state index >= 15 is 0 Å². The molecule has 2 amide bonds. The van der Waals surface area contributed by atoms with Crippen molar-refractivity contribution in [2.24, 2.45) is 0 Å². The predicted molar refractivity (Wildman–Crippen MR) is 115 cm³/mol. The molecular formula is C24H26N2O3. The number of aliphatic hydroxyl groups is 1. The molecule has 0 unspecified atom stereocenters. The summed E-state index contributed by atoms with van der Waals surface area (Å²) in [6, 6.07) is 24.9. The Labute approximate surface area is 171 Å². The summed E-state index contributed by atoms with van der Waals surface area (Å²) in [4.78, 5) is 12.1. The molecule has 0 radical (unpaired) electrons. The maximum absolute atomic E-state index is 12.1. The van der Waals surface area contributed by atoms with E-state index in [1.54, 1.807) is 14.0 Å². The third kappa shape index (κ3) is 5.59. The molecule has 3 rings (SSSR count). The summed E-state index contributed by atoms with van der Waals surface area (Å²) in [6.07, 6.45) is 0. The highest BCUT2D eigenvalue weighted by molar-refractivity contribution is 5.74. The Bertz CT molecular complexity index is 921. The van der Waals surface area contributed by atoms with E-state index in [9.17, 15) is 9.90 Å². The van der Waals surface area contributed by atoms with Gasteiger partial charge >= 0.3 is 6.03 Å². The Morgan fingerprint density at radius 3 is 2.14 bits per heavy atom.